The number of nitrogens with one attached hydrogen (secondary N) is 1. The molecule has 0 unspecified atom stereocenters. The van der Waals surface area contributed by atoms with E-state index in [-0.39, 0.29) is 12.5 Å². The third kappa shape index (κ3) is 3.40. The van der Waals surface area contributed by atoms with E-state index in [2.05, 4.69) is 20.6 Å². The molecular formula is C18H15N5O2S. The number of anilines is 1. The van der Waals surface area contributed by atoms with E-state index >= 15 is 0 Å². The van der Waals surface area contributed by atoms with Crippen LogP contribution in [0.4, 0.5) is 5.13 Å². The van der Waals surface area contributed by atoms with E-state index in [1.165, 1.54) is 11.3 Å². The minimum atomic E-state index is -0.280. The van der Waals surface area contributed by atoms with Crippen LogP contribution in [0.5, 0.6) is 5.75 Å². The first kappa shape index (κ1) is 16.2. The van der Waals surface area contributed by atoms with E-state index in [1.54, 1.807) is 4.52 Å². The normalized spacial score (nSPS) is 10.8. The van der Waals surface area contributed by atoms with Crippen molar-refractivity contribution < 1.29 is 9.53 Å². The first-order chi connectivity index (χ1) is 12.7. The Hall–Kier alpha value is -3.26. The highest BCUT2D eigenvalue weighted by atomic mass is 32.1. The van der Waals surface area contributed by atoms with E-state index in [1.807, 2.05) is 61.5 Å². The topological polar surface area (TPSA) is 81.4 Å². The van der Waals surface area contributed by atoms with Crippen molar-refractivity contribution in [3.05, 3.63) is 60.2 Å². The van der Waals surface area contributed by atoms with Crippen LogP contribution in [0.15, 0.2) is 54.6 Å². The molecule has 0 aliphatic rings. The molecule has 0 radical (unpaired) electrons. The lowest BCUT2D eigenvalue weighted by Crippen LogP contribution is -2.20. The first-order valence-corrected chi connectivity index (χ1v) is 8.78. The molecule has 2 heterocycles. The fourth-order valence-electron chi connectivity index (χ4n) is 2.44. The molecule has 7 nitrogen and oxygen atoms in total. The molecule has 0 atom stereocenters. The predicted molar refractivity (Wildman–Crippen MR) is 99.4 cm³/mol. The van der Waals surface area contributed by atoms with Gasteiger partial charge in [0.05, 0.1) is 0 Å². The van der Waals surface area contributed by atoms with Crippen LogP contribution in [0, 0.1) is 6.92 Å². The number of rotatable bonds is 5. The van der Waals surface area contributed by atoms with Crippen LogP contribution < -0.4 is 10.1 Å². The summed E-state index contributed by atoms with van der Waals surface area (Å²) in [6.45, 7) is 1.88. The minimum Gasteiger partial charge on any atom is -0.484 e. The van der Waals surface area contributed by atoms with Gasteiger partial charge in [0.15, 0.2) is 12.4 Å². The third-order valence-electron chi connectivity index (χ3n) is 3.63. The summed E-state index contributed by atoms with van der Waals surface area (Å²) in [5, 5.41) is 15.8. The standard InChI is InChI=1S/C18H15N5O2S/c1-12-6-5-9-14(10-12)25-11-15(24)19-17-22-23-16(20-21-18(23)26-17)13-7-3-2-4-8-13/h2-10H,11H2,1H3,(H,19,22,24). The average Bonchev–Trinajstić information content (AvgIpc) is 3.21. The summed E-state index contributed by atoms with van der Waals surface area (Å²) < 4.78 is 7.12. The highest BCUT2D eigenvalue weighted by Crippen LogP contribution is 2.23. The molecule has 1 amide bonds. The quantitative estimate of drug-likeness (QED) is 0.587. The zero-order valence-corrected chi connectivity index (χ0v) is 14.7. The maximum absolute atomic E-state index is 12.1. The van der Waals surface area contributed by atoms with Gasteiger partial charge < -0.3 is 4.74 Å². The van der Waals surface area contributed by atoms with Crippen LogP contribution in [0.25, 0.3) is 16.3 Å². The lowest BCUT2D eigenvalue weighted by Gasteiger charge is -2.06. The number of benzene rings is 2. The molecule has 1 N–H and O–H groups in total. The van der Waals surface area contributed by atoms with Crippen LogP contribution in [0.2, 0.25) is 0 Å². The number of aromatic nitrogens is 4. The van der Waals surface area contributed by atoms with Gasteiger partial charge in [0.2, 0.25) is 10.1 Å². The molecule has 130 valence electrons. The van der Waals surface area contributed by atoms with Crippen LogP contribution in [-0.2, 0) is 4.79 Å². The number of amides is 1. The number of carbonyl (C=O) groups excluding carboxylic acids is 1. The molecule has 0 aliphatic heterocycles. The lowest BCUT2D eigenvalue weighted by atomic mass is 10.2. The monoisotopic (exact) mass is 365 g/mol. The zero-order chi connectivity index (χ0) is 17.9. The van der Waals surface area contributed by atoms with Crippen LogP contribution in [0.3, 0.4) is 0 Å². The minimum absolute atomic E-state index is 0.0882. The molecule has 8 heteroatoms. The van der Waals surface area contributed by atoms with Crippen molar-refractivity contribution in [1.82, 2.24) is 19.8 Å². The van der Waals surface area contributed by atoms with Crippen molar-refractivity contribution in [3.8, 4) is 17.1 Å². The second kappa shape index (κ2) is 6.93. The van der Waals surface area contributed by atoms with Gasteiger partial charge in [-0.2, -0.15) is 4.52 Å². The van der Waals surface area contributed by atoms with Gasteiger partial charge in [0.25, 0.3) is 5.91 Å². The molecule has 2 aromatic heterocycles. The molecule has 0 spiro atoms. The number of fused-ring (bicyclic) bond motifs is 1. The Morgan fingerprint density at radius 2 is 2.00 bits per heavy atom. The van der Waals surface area contributed by atoms with E-state index in [0.29, 0.717) is 21.7 Å². The van der Waals surface area contributed by atoms with Crippen molar-refractivity contribution in [3.63, 3.8) is 0 Å². The smallest absolute Gasteiger partial charge is 0.264 e. The number of ether oxygens (including phenoxy) is 1. The second-order valence-corrected chi connectivity index (χ2v) is 6.60. The lowest BCUT2D eigenvalue weighted by molar-refractivity contribution is -0.118. The van der Waals surface area contributed by atoms with Gasteiger partial charge in [-0.25, -0.2) is 0 Å². The highest BCUT2D eigenvalue weighted by Gasteiger charge is 2.14. The van der Waals surface area contributed by atoms with Crippen LogP contribution in [-0.4, -0.2) is 32.3 Å². The Labute approximate surface area is 153 Å². The van der Waals surface area contributed by atoms with Crippen LogP contribution in [0.1, 0.15) is 5.56 Å². The maximum Gasteiger partial charge on any atom is 0.264 e. The fraction of sp³-hybridized carbons (Fsp3) is 0.111. The molecule has 26 heavy (non-hydrogen) atoms. The molecule has 0 aliphatic carbocycles. The van der Waals surface area contributed by atoms with Gasteiger partial charge in [-0.15, -0.1) is 15.3 Å². The molecule has 4 rings (SSSR count). The Morgan fingerprint density at radius 3 is 2.81 bits per heavy atom. The Balaban J connectivity index is 1.46. The average molecular weight is 365 g/mol. The summed E-state index contributed by atoms with van der Waals surface area (Å²) in [4.78, 5) is 12.7. The second-order valence-electron chi connectivity index (χ2n) is 5.64. The number of nitrogens with zero attached hydrogens (tertiary/aromatic N) is 4. The van der Waals surface area contributed by atoms with Crippen molar-refractivity contribution >= 4 is 27.3 Å². The molecule has 2 aromatic carbocycles. The first-order valence-electron chi connectivity index (χ1n) is 7.96. The highest BCUT2D eigenvalue weighted by molar-refractivity contribution is 7.20. The summed E-state index contributed by atoms with van der Waals surface area (Å²) in [7, 11) is 0. The van der Waals surface area contributed by atoms with E-state index in [9.17, 15) is 4.79 Å². The summed E-state index contributed by atoms with van der Waals surface area (Å²) in [5.41, 5.74) is 1.98. The molecule has 4 aromatic rings. The van der Waals surface area contributed by atoms with Crippen molar-refractivity contribution in [2.45, 2.75) is 6.92 Å². The maximum atomic E-state index is 12.1. The van der Waals surface area contributed by atoms with E-state index < -0.39 is 0 Å². The van der Waals surface area contributed by atoms with Gasteiger partial charge in [0, 0.05) is 5.56 Å². The summed E-state index contributed by atoms with van der Waals surface area (Å²) in [6.07, 6.45) is 0. The molecular weight excluding hydrogens is 350 g/mol. The van der Waals surface area contributed by atoms with Crippen molar-refractivity contribution in [2.75, 3.05) is 11.9 Å². The molecule has 0 bridgehead atoms. The van der Waals surface area contributed by atoms with Crippen molar-refractivity contribution in [1.29, 1.82) is 0 Å². The summed E-state index contributed by atoms with van der Waals surface area (Å²) >= 11 is 1.26. The molecule has 0 saturated heterocycles. The molecule has 0 saturated carbocycles. The van der Waals surface area contributed by atoms with Crippen LogP contribution >= 0.6 is 11.3 Å². The van der Waals surface area contributed by atoms with Gasteiger partial charge in [-0.1, -0.05) is 53.8 Å². The van der Waals surface area contributed by atoms with E-state index in [4.69, 9.17) is 4.74 Å². The number of aryl methyl sites for hydroxylation is 1. The number of hydrogen-bond donors (Lipinski definition) is 1. The van der Waals surface area contributed by atoms with Gasteiger partial charge in [0.1, 0.15) is 5.75 Å². The zero-order valence-electron chi connectivity index (χ0n) is 13.9. The fourth-order valence-corrected chi connectivity index (χ4v) is 3.20. The number of carbonyl (C=O) groups is 1. The van der Waals surface area contributed by atoms with Gasteiger partial charge in [-0.3, -0.25) is 10.1 Å². The van der Waals surface area contributed by atoms with Crippen molar-refractivity contribution in [2.24, 2.45) is 0 Å². The van der Waals surface area contributed by atoms with E-state index in [0.717, 1.165) is 11.1 Å². The summed E-state index contributed by atoms with van der Waals surface area (Å²) in [5.74, 6) is 1.01. The Bertz CT molecular complexity index is 1060. The van der Waals surface area contributed by atoms with Gasteiger partial charge >= 0.3 is 0 Å². The Kier molecular flexibility index (Phi) is 4.32. The third-order valence-corrected chi connectivity index (χ3v) is 4.44. The molecule has 0 fully saturated rings. The summed E-state index contributed by atoms with van der Waals surface area (Å²) in [6, 6.07) is 17.2. The predicted octanol–water partition coefficient (Wildman–Crippen LogP) is 3.18. The Morgan fingerprint density at radius 1 is 1.15 bits per heavy atom. The van der Waals surface area contributed by atoms with Gasteiger partial charge in [-0.05, 0) is 24.6 Å². The largest absolute Gasteiger partial charge is 0.484 e. The SMILES string of the molecule is Cc1cccc(OCC(=O)Nc2nn3c(-c4ccccc4)nnc3s2)c1. The number of hydrogen-bond acceptors (Lipinski definition) is 6.